The summed E-state index contributed by atoms with van der Waals surface area (Å²) in [6, 6.07) is 16.8. The van der Waals surface area contributed by atoms with E-state index in [-0.39, 0.29) is 28.9 Å². The third-order valence-corrected chi connectivity index (χ3v) is 6.10. The minimum Gasteiger partial charge on any atom is -0.357 e. The Balaban J connectivity index is 0.00000363. The van der Waals surface area contributed by atoms with Gasteiger partial charge >= 0.3 is 0 Å². The standard InChI is InChI=1S/C22H28N6O2S.HI/c1-4-24-22(26-14-17-9-8-12-19(13-17)31(29,30)23-2)28(3)16-21-25-15-20(27-21)18-10-6-5-7-11-18;/h5-13,15,23H,4,14,16H2,1-3H3,(H,24,26)(H,25,27);1H. The Morgan fingerprint density at radius 2 is 1.91 bits per heavy atom. The Labute approximate surface area is 206 Å². The van der Waals surface area contributed by atoms with E-state index >= 15 is 0 Å². The Kier molecular flexibility index (Phi) is 9.66. The SMILES string of the molecule is CCNC(=NCc1cccc(S(=O)(=O)NC)c1)N(C)Cc1ncc(-c2ccccc2)[nH]1.I. The number of hydrogen-bond acceptors (Lipinski definition) is 4. The van der Waals surface area contributed by atoms with Gasteiger partial charge in [0.1, 0.15) is 5.82 Å². The van der Waals surface area contributed by atoms with Crippen LogP contribution < -0.4 is 10.0 Å². The Morgan fingerprint density at radius 3 is 2.59 bits per heavy atom. The normalized spacial score (nSPS) is 11.7. The van der Waals surface area contributed by atoms with Gasteiger partial charge in [0.25, 0.3) is 0 Å². The maximum absolute atomic E-state index is 12.0. The summed E-state index contributed by atoms with van der Waals surface area (Å²) in [5, 5.41) is 3.27. The molecule has 0 aliphatic heterocycles. The van der Waals surface area contributed by atoms with Gasteiger partial charge in [0, 0.05) is 13.6 Å². The Bertz CT molecular complexity index is 1130. The lowest BCUT2D eigenvalue weighted by atomic mass is 10.2. The zero-order valence-electron chi connectivity index (χ0n) is 18.4. The van der Waals surface area contributed by atoms with Gasteiger partial charge < -0.3 is 15.2 Å². The van der Waals surface area contributed by atoms with E-state index in [9.17, 15) is 8.42 Å². The van der Waals surface area contributed by atoms with Crippen molar-refractivity contribution in [2.24, 2.45) is 4.99 Å². The molecule has 3 rings (SSSR count). The maximum atomic E-state index is 12.0. The fourth-order valence-corrected chi connectivity index (χ4v) is 3.87. The highest BCUT2D eigenvalue weighted by Crippen LogP contribution is 2.17. The number of hydrogen-bond donors (Lipinski definition) is 3. The number of nitrogens with zero attached hydrogens (tertiary/aromatic N) is 3. The molecule has 0 unspecified atom stereocenters. The van der Waals surface area contributed by atoms with E-state index in [1.807, 2.05) is 61.5 Å². The van der Waals surface area contributed by atoms with Crippen molar-refractivity contribution in [3.8, 4) is 11.3 Å². The molecule has 0 saturated heterocycles. The topological polar surface area (TPSA) is 102 Å². The number of sulfonamides is 1. The number of guanidine groups is 1. The van der Waals surface area contributed by atoms with E-state index < -0.39 is 10.0 Å². The summed E-state index contributed by atoms with van der Waals surface area (Å²) in [6.07, 6.45) is 1.83. The second kappa shape index (κ2) is 12.0. The van der Waals surface area contributed by atoms with Crippen LogP contribution >= 0.6 is 24.0 Å². The monoisotopic (exact) mass is 568 g/mol. The largest absolute Gasteiger partial charge is 0.357 e. The van der Waals surface area contributed by atoms with Crippen LogP contribution in [-0.2, 0) is 23.1 Å². The van der Waals surface area contributed by atoms with Crippen LogP contribution in [0.25, 0.3) is 11.3 Å². The van der Waals surface area contributed by atoms with E-state index in [1.54, 1.807) is 18.2 Å². The number of nitrogens with one attached hydrogen (secondary N) is 3. The molecule has 172 valence electrons. The van der Waals surface area contributed by atoms with Gasteiger partial charge in [0.15, 0.2) is 5.96 Å². The van der Waals surface area contributed by atoms with Crippen LogP contribution in [0.4, 0.5) is 0 Å². The number of halogens is 1. The fraction of sp³-hybridized carbons (Fsp3) is 0.273. The molecule has 1 heterocycles. The van der Waals surface area contributed by atoms with Gasteiger partial charge in [-0.25, -0.2) is 23.1 Å². The van der Waals surface area contributed by atoms with Gasteiger partial charge in [-0.2, -0.15) is 0 Å². The third-order valence-electron chi connectivity index (χ3n) is 4.69. The summed E-state index contributed by atoms with van der Waals surface area (Å²) in [5.74, 6) is 1.54. The highest BCUT2D eigenvalue weighted by atomic mass is 127. The Morgan fingerprint density at radius 1 is 1.16 bits per heavy atom. The predicted octanol–water partition coefficient (Wildman–Crippen LogP) is 3.20. The van der Waals surface area contributed by atoms with Gasteiger partial charge in [-0.05, 0) is 37.2 Å². The van der Waals surface area contributed by atoms with Crippen molar-refractivity contribution in [2.75, 3.05) is 20.6 Å². The van der Waals surface area contributed by atoms with Crippen LogP contribution in [0.5, 0.6) is 0 Å². The molecule has 3 aromatic rings. The van der Waals surface area contributed by atoms with Crippen LogP contribution in [0.1, 0.15) is 18.3 Å². The first kappa shape index (κ1) is 25.8. The number of aromatic nitrogens is 2. The molecule has 10 heteroatoms. The van der Waals surface area contributed by atoms with Gasteiger partial charge in [-0.15, -0.1) is 24.0 Å². The quantitative estimate of drug-likeness (QED) is 0.220. The molecule has 0 aliphatic rings. The third kappa shape index (κ3) is 6.78. The number of aliphatic imine (C=N–C) groups is 1. The summed E-state index contributed by atoms with van der Waals surface area (Å²) < 4.78 is 26.4. The molecule has 0 spiro atoms. The number of rotatable bonds is 8. The van der Waals surface area contributed by atoms with Crippen molar-refractivity contribution in [3.63, 3.8) is 0 Å². The van der Waals surface area contributed by atoms with Crippen molar-refractivity contribution in [1.82, 2.24) is 24.9 Å². The molecule has 8 nitrogen and oxygen atoms in total. The molecule has 0 bridgehead atoms. The summed E-state index contributed by atoms with van der Waals surface area (Å²) in [7, 11) is -0.146. The van der Waals surface area contributed by atoms with Gasteiger partial charge in [-0.3, -0.25) is 0 Å². The molecule has 3 N–H and O–H groups in total. The minimum absolute atomic E-state index is 0. The molecule has 0 saturated carbocycles. The molecule has 2 aromatic carbocycles. The van der Waals surface area contributed by atoms with Crippen molar-refractivity contribution in [2.45, 2.75) is 24.9 Å². The average molecular weight is 568 g/mol. The summed E-state index contributed by atoms with van der Waals surface area (Å²) >= 11 is 0. The molecule has 1 aromatic heterocycles. The highest BCUT2D eigenvalue weighted by Gasteiger charge is 2.12. The first-order valence-corrected chi connectivity index (χ1v) is 11.5. The molecule has 0 amide bonds. The summed E-state index contributed by atoms with van der Waals surface area (Å²) in [6.45, 7) is 3.62. The maximum Gasteiger partial charge on any atom is 0.240 e. The number of aromatic amines is 1. The van der Waals surface area contributed by atoms with E-state index in [0.29, 0.717) is 25.6 Å². The van der Waals surface area contributed by atoms with Gasteiger partial charge in [0.2, 0.25) is 10.0 Å². The fourth-order valence-electron chi connectivity index (χ4n) is 3.07. The van der Waals surface area contributed by atoms with Crippen molar-refractivity contribution < 1.29 is 8.42 Å². The number of imidazole rings is 1. The smallest absolute Gasteiger partial charge is 0.240 e. The van der Waals surface area contributed by atoms with Crippen molar-refractivity contribution >= 4 is 40.0 Å². The lowest BCUT2D eigenvalue weighted by molar-refractivity contribution is 0.464. The first-order chi connectivity index (χ1) is 14.9. The van der Waals surface area contributed by atoms with E-state index in [0.717, 1.165) is 22.6 Å². The number of benzene rings is 2. The second-order valence-corrected chi connectivity index (χ2v) is 8.88. The molecule has 32 heavy (non-hydrogen) atoms. The van der Waals surface area contributed by atoms with Crippen molar-refractivity contribution in [3.05, 3.63) is 72.2 Å². The second-order valence-electron chi connectivity index (χ2n) is 6.99. The Hall–Kier alpha value is -2.44. The molecule has 0 aliphatic carbocycles. The van der Waals surface area contributed by atoms with E-state index in [4.69, 9.17) is 0 Å². The van der Waals surface area contributed by atoms with Gasteiger partial charge in [-0.1, -0.05) is 42.5 Å². The van der Waals surface area contributed by atoms with Crippen LogP contribution in [0.15, 0.2) is 70.7 Å². The van der Waals surface area contributed by atoms with Crippen LogP contribution in [0, 0.1) is 0 Å². The minimum atomic E-state index is -3.48. The zero-order chi connectivity index (χ0) is 22.3. The van der Waals surface area contributed by atoms with Crippen LogP contribution in [-0.4, -0.2) is 49.9 Å². The lowest BCUT2D eigenvalue weighted by Gasteiger charge is -2.21. The number of H-pyrrole nitrogens is 1. The molecule has 0 atom stereocenters. The highest BCUT2D eigenvalue weighted by molar-refractivity contribution is 14.0. The molecule has 0 fully saturated rings. The predicted molar refractivity (Wildman–Crippen MR) is 138 cm³/mol. The molecular formula is C22H29IN6O2S. The summed E-state index contributed by atoms with van der Waals surface area (Å²) in [4.78, 5) is 14.7. The molecule has 0 radical (unpaired) electrons. The van der Waals surface area contributed by atoms with E-state index in [2.05, 4.69) is 25.0 Å². The first-order valence-electron chi connectivity index (χ1n) is 10.0. The average Bonchev–Trinajstić information content (AvgIpc) is 3.26. The van der Waals surface area contributed by atoms with Gasteiger partial charge in [0.05, 0.1) is 29.9 Å². The van der Waals surface area contributed by atoms with Crippen molar-refractivity contribution in [1.29, 1.82) is 0 Å². The van der Waals surface area contributed by atoms with E-state index in [1.165, 1.54) is 7.05 Å². The molecular weight excluding hydrogens is 539 g/mol. The van der Waals surface area contributed by atoms with Crippen LogP contribution in [0.3, 0.4) is 0 Å². The zero-order valence-corrected chi connectivity index (χ0v) is 21.5. The lowest BCUT2D eigenvalue weighted by Crippen LogP contribution is -2.38. The summed E-state index contributed by atoms with van der Waals surface area (Å²) in [5.41, 5.74) is 2.86. The van der Waals surface area contributed by atoms with Crippen LogP contribution in [0.2, 0.25) is 0 Å².